The van der Waals surface area contributed by atoms with Gasteiger partial charge >= 0.3 is 12.1 Å². The SMILES string of the molecule is C#Cc1ccccc1C(C(=O)NCCC(=O)OCC)N(C(=O)C(CCSC)NC(=O)OC(C)(C)C)C(C)CC. The van der Waals surface area contributed by atoms with Gasteiger partial charge < -0.3 is 25.0 Å². The lowest BCUT2D eigenvalue weighted by molar-refractivity contribution is -0.146. The lowest BCUT2D eigenvalue weighted by Gasteiger charge is -2.38. The maximum atomic E-state index is 14.2. The van der Waals surface area contributed by atoms with Crippen LogP contribution in [0.15, 0.2) is 24.3 Å². The lowest BCUT2D eigenvalue weighted by atomic mass is 9.95. The summed E-state index contributed by atoms with van der Waals surface area (Å²) in [6.07, 6.45) is 7.82. The molecule has 10 heteroatoms. The van der Waals surface area contributed by atoms with Gasteiger partial charge in [-0.05, 0) is 71.1 Å². The molecule has 0 aliphatic heterocycles. The molecule has 216 valence electrons. The smallest absolute Gasteiger partial charge is 0.408 e. The van der Waals surface area contributed by atoms with Gasteiger partial charge in [0.2, 0.25) is 11.8 Å². The summed E-state index contributed by atoms with van der Waals surface area (Å²) in [5.74, 6) is 1.85. The van der Waals surface area contributed by atoms with Gasteiger partial charge in [0.15, 0.2) is 0 Å². The number of esters is 1. The first-order valence-electron chi connectivity index (χ1n) is 13.2. The zero-order valence-electron chi connectivity index (χ0n) is 24.2. The number of hydrogen-bond acceptors (Lipinski definition) is 7. The van der Waals surface area contributed by atoms with Crippen molar-refractivity contribution in [3.8, 4) is 12.3 Å². The number of hydrogen-bond donors (Lipinski definition) is 2. The number of carbonyl (C=O) groups excluding carboxylic acids is 4. The Labute approximate surface area is 237 Å². The highest BCUT2D eigenvalue weighted by Gasteiger charge is 2.39. The molecule has 0 spiro atoms. The van der Waals surface area contributed by atoms with E-state index in [2.05, 4.69) is 16.6 Å². The second-order valence-electron chi connectivity index (χ2n) is 9.96. The summed E-state index contributed by atoms with van der Waals surface area (Å²) in [5.41, 5.74) is 0.189. The summed E-state index contributed by atoms with van der Waals surface area (Å²) < 4.78 is 10.4. The third-order valence-corrected chi connectivity index (χ3v) is 6.43. The molecule has 0 aromatic heterocycles. The van der Waals surface area contributed by atoms with Crippen LogP contribution in [0.1, 0.15) is 78.0 Å². The van der Waals surface area contributed by atoms with E-state index in [4.69, 9.17) is 15.9 Å². The topological polar surface area (TPSA) is 114 Å². The van der Waals surface area contributed by atoms with Gasteiger partial charge in [-0.2, -0.15) is 11.8 Å². The van der Waals surface area contributed by atoms with Crippen molar-refractivity contribution in [2.45, 2.75) is 84.5 Å². The summed E-state index contributed by atoms with van der Waals surface area (Å²) in [4.78, 5) is 53.9. The van der Waals surface area contributed by atoms with E-state index in [0.29, 0.717) is 29.7 Å². The molecule has 0 fully saturated rings. The number of ether oxygens (including phenoxy) is 2. The number of amides is 3. The minimum absolute atomic E-state index is 0.0170. The van der Waals surface area contributed by atoms with Gasteiger partial charge in [0.25, 0.3) is 0 Å². The maximum absolute atomic E-state index is 14.2. The largest absolute Gasteiger partial charge is 0.466 e. The van der Waals surface area contributed by atoms with E-state index in [1.54, 1.807) is 52.0 Å². The first kappa shape index (κ1) is 33.8. The molecule has 0 aliphatic rings. The fourth-order valence-electron chi connectivity index (χ4n) is 3.82. The predicted molar refractivity (Wildman–Crippen MR) is 154 cm³/mol. The normalized spacial score (nSPS) is 13.3. The number of carbonyl (C=O) groups is 4. The predicted octanol–water partition coefficient (Wildman–Crippen LogP) is 4.05. The number of thioether (sulfide) groups is 1. The van der Waals surface area contributed by atoms with Crippen LogP contribution in [-0.4, -0.2) is 71.6 Å². The van der Waals surface area contributed by atoms with E-state index in [1.165, 1.54) is 16.7 Å². The molecule has 0 bridgehead atoms. The van der Waals surface area contributed by atoms with Crippen molar-refractivity contribution in [2.75, 3.05) is 25.2 Å². The van der Waals surface area contributed by atoms with Crippen molar-refractivity contribution >= 4 is 35.6 Å². The average molecular weight is 562 g/mol. The highest BCUT2D eigenvalue weighted by molar-refractivity contribution is 7.98. The molecule has 9 nitrogen and oxygen atoms in total. The molecule has 3 unspecified atom stereocenters. The van der Waals surface area contributed by atoms with Gasteiger partial charge in [0, 0.05) is 18.2 Å². The summed E-state index contributed by atoms with van der Waals surface area (Å²) >= 11 is 1.54. The number of rotatable bonds is 14. The Kier molecular flexibility index (Phi) is 14.5. The Morgan fingerprint density at radius 2 is 1.82 bits per heavy atom. The van der Waals surface area contributed by atoms with E-state index in [1.807, 2.05) is 20.1 Å². The zero-order chi connectivity index (χ0) is 29.6. The number of nitrogens with zero attached hydrogens (tertiary/aromatic N) is 1. The van der Waals surface area contributed by atoms with Crippen molar-refractivity contribution in [2.24, 2.45) is 0 Å². The van der Waals surface area contributed by atoms with E-state index in [9.17, 15) is 19.2 Å². The monoisotopic (exact) mass is 561 g/mol. The van der Waals surface area contributed by atoms with Gasteiger partial charge in [-0.25, -0.2) is 4.79 Å². The van der Waals surface area contributed by atoms with Gasteiger partial charge in [0.05, 0.1) is 13.0 Å². The van der Waals surface area contributed by atoms with Gasteiger partial charge in [-0.15, -0.1) is 6.42 Å². The van der Waals surface area contributed by atoms with Crippen LogP contribution in [0.5, 0.6) is 0 Å². The minimum atomic E-state index is -1.10. The number of alkyl carbamates (subject to hydrolysis) is 1. The Morgan fingerprint density at radius 1 is 1.15 bits per heavy atom. The highest BCUT2D eigenvalue weighted by atomic mass is 32.2. The molecule has 39 heavy (non-hydrogen) atoms. The molecule has 0 heterocycles. The molecule has 2 N–H and O–H groups in total. The summed E-state index contributed by atoms with van der Waals surface area (Å²) in [5, 5.41) is 5.49. The molecule has 0 saturated heterocycles. The second kappa shape index (κ2) is 16.7. The zero-order valence-corrected chi connectivity index (χ0v) is 25.0. The van der Waals surface area contributed by atoms with E-state index >= 15 is 0 Å². The fraction of sp³-hybridized carbons (Fsp3) is 0.586. The average Bonchev–Trinajstić information content (AvgIpc) is 2.87. The van der Waals surface area contributed by atoms with Crippen LogP contribution in [0, 0.1) is 12.3 Å². The molecule has 3 atom stereocenters. The van der Waals surface area contributed by atoms with Crippen molar-refractivity contribution in [3.63, 3.8) is 0 Å². The van der Waals surface area contributed by atoms with Crippen molar-refractivity contribution < 1.29 is 28.7 Å². The summed E-state index contributed by atoms with van der Waals surface area (Å²) in [7, 11) is 0. The minimum Gasteiger partial charge on any atom is -0.466 e. The van der Waals surface area contributed by atoms with Crippen LogP contribution >= 0.6 is 11.8 Å². The van der Waals surface area contributed by atoms with Crippen molar-refractivity contribution in [3.05, 3.63) is 35.4 Å². The lowest BCUT2D eigenvalue weighted by Crippen LogP contribution is -2.55. The summed E-state index contributed by atoms with van der Waals surface area (Å²) in [6.45, 7) is 10.9. The first-order valence-corrected chi connectivity index (χ1v) is 14.6. The van der Waals surface area contributed by atoms with Gasteiger partial charge in [0.1, 0.15) is 17.7 Å². The molecule has 1 aromatic carbocycles. The first-order chi connectivity index (χ1) is 18.4. The van der Waals surface area contributed by atoms with E-state index < -0.39 is 41.6 Å². The van der Waals surface area contributed by atoms with E-state index in [0.717, 1.165) is 0 Å². The summed E-state index contributed by atoms with van der Waals surface area (Å²) in [6, 6.07) is 4.51. The van der Waals surface area contributed by atoms with Crippen LogP contribution in [0.3, 0.4) is 0 Å². The van der Waals surface area contributed by atoms with Crippen molar-refractivity contribution in [1.29, 1.82) is 0 Å². The molecule has 0 aliphatic carbocycles. The molecular formula is C29H43N3O6S. The van der Waals surface area contributed by atoms with Gasteiger partial charge in [-0.3, -0.25) is 14.4 Å². The third-order valence-electron chi connectivity index (χ3n) is 5.79. The molecule has 0 radical (unpaired) electrons. The van der Waals surface area contributed by atoms with Crippen LogP contribution in [0.25, 0.3) is 0 Å². The van der Waals surface area contributed by atoms with Gasteiger partial charge in [-0.1, -0.05) is 31.0 Å². The Balaban J connectivity index is 3.52. The Morgan fingerprint density at radius 3 is 2.38 bits per heavy atom. The molecule has 1 rings (SSSR count). The number of nitrogens with one attached hydrogen (secondary N) is 2. The molecule has 0 saturated carbocycles. The Bertz CT molecular complexity index is 1020. The number of terminal acetylenes is 1. The number of benzene rings is 1. The van der Waals surface area contributed by atoms with Crippen LogP contribution in [-0.2, 0) is 23.9 Å². The van der Waals surface area contributed by atoms with Crippen molar-refractivity contribution in [1.82, 2.24) is 15.5 Å². The van der Waals surface area contributed by atoms with Crippen LogP contribution in [0.4, 0.5) is 4.79 Å². The quantitative estimate of drug-likeness (QED) is 0.260. The van der Waals surface area contributed by atoms with E-state index in [-0.39, 0.29) is 25.6 Å². The second-order valence-corrected chi connectivity index (χ2v) is 10.9. The van der Waals surface area contributed by atoms with Crippen LogP contribution in [0.2, 0.25) is 0 Å². The Hall–Kier alpha value is -3.19. The standard InChI is InChI=1S/C29H43N3O6S/c1-9-20(4)32(27(35)23(17-19-39-8)31-28(36)38-29(5,6)7)25(22-15-13-12-14-21(22)10-2)26(34)30-18-16-24(33)37-11-3/h2,12-15,20,23,25H,9,11,16-19H2,1,3-8H3,(H,30,34)(H,31,36). The third kappa shape index (κ3) is 11.2. The molecule has 1 aromatic rings. The van der Waals surface area contributed by atoms with Crippen LogP contribution < -0.4 is 10.6 Å². The highest BCUT2D eigenvalue weighted by Crippen LogP contribution is 2.29. The maximum Gasteiger partial charge on any atom is 0.408 e. The molecule has 3 amide bonds. The molecular weight excluding hydrogens is 518 g/mol. The fourth-order valence-corrected chi connectivity index (χ4v) is 4.29.